The van der Waals surface area contributed by atoms with E-state index in [1.54, 1.807) is 6.08 Å². The average molecular weight is 266 g/mol. The monoisotopic (exact) mass is 266 g/mol. The quantitative estimate of drug-likeness (QED) is 0.620. The largest absolute Gasteiger partial charge is 0.376 e. The van der Waals surface area contributed by atoms with Crippen molar-refractivity contribution >= 4 is 5.78 Å². The summed E-state index contributed by atoms with van der Waals surface area (Å²) in [6.45, 7) is 6.50. The van der Waals surface area contributed by atoms with Crippen LogP contribution >= 0.6 is 0 Å². The smallest absolute Gasteiger partial charge is 0.168 e. The molecular formula is C18H18O2. The van der Waals surface area contributed by atoms with E-state index < -0.39 is 0 Å². The molecule has 1 heterocycles. The van der Waals surface area contributed by atoms with E-state index in [1.807, 2.05) is 37.3 Å². The summed E-state index contributed by atoms with van der Waals surface area (Å²) in [4.78, 5) is 12.3. The van der Waals surface area contributed by atoms with E-state index in [0.717, 1.165) is 11.1 Å². The highest BCUT2D eigenvalue weighted by Crippen LogP contribution is 2.19. The highest BCUT2D eigenvalue weighted by atomic mass is 16.5. The van der Waals surface area contributed by atoms with Crippen molar-refractivity contribution < 1.29 is 9.53 Å². The molecule has 2 nitrogen and oxygen atoms in total. The topological polar surface area (TPSA) is 26.3 Å². The lowest BCUT2D eigenvalue weighted by Crippen LogP contribution is -2.21. The normalized spacial score (nSPS) is 16.1. The minimum Gasteiger partial charge on any atom is -0.376 e. The van der Waals surface area contributed by atoms with Gasteiger partial charge in [-0.3, -0.25) is 4.79 Å². The number of hydrogen-bond donors (Lipinski definition) is 0. The van der Waals surface area contributed by atoms with Crippen LogP contribution in [0.3, 0.4) is 0 Å². The third-order valence-electron chi connectivity index (χ3n) is 3.30. The lowest BCUT2D eigenvalue weighted by Gasteiger charge is -2.18. The van der Waals surface area contributed by atoms with Gasteiger partial charge < -0.3 is 4.74 Å². The molecule has 0 fully saturated rings. The van der Waals surface area contributed by atoms with Crippen LogP contribution in [0, 0.1) is 17.8 Å². The maximum atomic E-state index is 12.3. The average Bonchev–Trinajstić information content (AvgIpc) is 2.52. The molecule has 2 heteroatoms. The first-order valence-corrected chi connectivity index (χ1v) is 6.76. The van der Waals surface area contributed by atoms with E-state index in [-0.39, 0.29) is 11.7 Å². The van der Waals surface area contributed by atoms with Gasteiger partial charge in [-0.25, -0.2) is 0 Å². The summed E-state index contributed by atoms with van der Waals surface area (Å²) in [5.74, 6) is 6.13. The molecule has 0 radical (unpaired) electrons. The van der Waals surface area contributed by atoms with Crippen LogP contribution in [0.4, 0.5) is 0 Å². The zero-order chi connectivity index (χ0) is 14.4. The number of carbonyl (C=O) groups is 1. The summed E-state index contributed by atoms with van der Waals surface area (Å²) in [6, 6.07) is 9.78. The summed E-state index contributed by atoms with van der Waals surface area (Å²) in [5, 5.41) is 0. The minimum absolute atomic E-state index is 0.0667. The van der Waals surface area contributed by atoms with Crippen LogP contribution in [0.25, 0.3) is 0 Å². The van der Waals surface area contributed by atoms with Gasteiger partial charge in [0.15, 0.2) is 5.78 Å². The van der Waals surface area contributed by atoms with E-state index in [4.69, 9.17) is 4.74 Å². The molecule has 1 aliphatic heterocycles. The summed E-state index contributed by atoms with van der Waals surface area (Å²) in [7, 11) is 0. The number of Topliss-reactive ketones (excluding diaryl/α,β-unsaturated/α-hetero) is 1. The van der Waals surface area contributed by atoms with Gasteiger partial charge >= 0.3 is 0 Å². The van der Waals surface area contributed by atoms with Gasteiger partial charge in [-0.1, -0.05) is 43.0 Å². The standard InChI is InChI=1S/C18H18O2/c1-3-14(2)18(19)17-13-20-12-11-16(17)10-9-15-7-5-4-6-8-15/h3-8,14H,1,11-13H2,2H3. The van der Waals surface area contributed by atoms with Crippen LogP contribution in [0.2, 0.25) is 0 Å². The Morgan fingerprint density at radius 3 is 2.80 bits per heavy atom. The zero-order valence-electron chi connectivity index (χ0n) is 11.7. The first-order chi connectivity index (χ1) is 9.72. The lowest BCUT2D eigenvalue weighted by molar-refractivity contribution is -0.118. The van der Waals surface area contributed by atoms with E-state index in [0.29, 0.717) is 25.2 Å². The molecule has 2 rings (SSSR count). The zero-order valence-corrected chi connectivity index (χ0v) is 11.7. The molecule has 0 aliphatic carbocycles. The molecule has 0 saturated carbocycles. The predicted octanol–water partition coefficient (Wildman–Crippen LogP) is 3.15. The number of hydrogen-bond acceptors (Lipinski definition) is 2. The SMILES string of the molecule is C=CC(C)C(=O)C1=C(C#Cc2ccccc2)CCOC1. The third-order valence-corrected chi connectivity index (χ3v) is 3.30. The molecule has 0 bridgehead atoms. The highest BCUT2D eigenvalue weighted by Gasteiger charge is 2.21. The van der Waals surface area contributed by atoms with Crippen LogP contribution in [-0.2, 0) is 9.53 Å². The first kappa shape index (κ1) is 14.3. The van der Waals surface area contributed by atoms with Gasteiger partial charge in [0, 0.05) is 29.0 Å². The van der Waals surface area contributed by atoms with E-state index >= 15 is 0 Å². The number of carbonyl (C=O) groups excluding carboxylic acids is 1. The Morgan fingerprint density at radius 2 is 2.10 bits per heavy atom. The van der Waals surface area contributed by atoms with Crippen molar-refractivity contribution in [1.82, 2.24) is 0 Å². The molecule has 0 spiro atoms. The Morgan fingerprint density at radius 1 is 1.35 bits per heavy atom. The second-order valence-corrected chi connectivity index (χ2v) is 4.76. The number of ketones is 1. The fourth-order valence-electron chi connectivity index (χ4n) is 2.00. The fraction of sp³-hybridized carbons (Fsp3) is 0.278. The predicted molar refractivity (Wildman–Crippen MR) is 80.2 cm³/mol. The molecule has 0 aromatic heterocycles. The number of ether oxygens (including phenoxy) is 1. The van der Waals surface area contributed by atoms with Gasteiger partial charge in [-0.05, 0) is 12.1 Å². The molecule has 1 aromatic carbocycles. The molecule has 102 valence electrons. The molecule has 1 atom stereocenters. The van der Waals surface area contributed by atoms with Gasteiger partial charge in [-0.2, -0.15) is 0 Å². The number of benzene rings is 1. The Hall–Kier alpha value is -2.11. The van der Waals surface area contributed by atoms with Gasteiger partial charge in [0.2, 0.25) is 0 Å². The maximum absolute atomic E-state index is 12.3. The van der Waals surface area contributed by atoms with Gasteiger partial charge in [-0.15, -0.1) is 6.58 Å². The Kier molecular flexibility index (Phi) is 4.92. The van der Waals surface area contributed by atoms with Crippen molar-refractivity contribution in [1.29, 1.82) is 0 Å². The second kappa shape index (κ2) is 6.88. The Labute approximate surface area is 120 Å². The van der Waals surface area contributed by atoms with Crippen LogP contribution in [0.15, 0.2) is 54.1 Å². The third kappa shape index (κ3) is 3.46. The fourth-order valence-corrected chi connectivity index (χ4v) is 2.00. The molecule has 1 unspecified atom stereocenters. The highest BCUT2D eigenvalue weighted by molar-refractivity contribution is 5.99. The summed E-state index contributed by atoms with van der Waals surface area (Å²) < 4.78 is 5.40. The maximum Gasteiger partial charge on any atom is 0.168 e. The number of rotatable bonds is 3. The summed E-state index contributed by atoms with van der Waals surface area (Å²) in [5.41, 5.74) is 2.56. The molecule has 0 amide bonds. The van der Waals surface area contributed by atoms with Crippen LogP contribution < -0.4 is 0 Å². The van der Waals surface area contributed by atoms with Crippen molar-refractivity contribution in [2.24, 2.45) is 5.92 Å². The van der Waals surface area contributed by atoms with Crippen molar-refractivity contribution in [2.45, 2.75) is 13.3 Å². The van der Waals surface area contributed by atoms with Crippen molar-refractivity contribution in [3.8, 4) is 11.8 Å². The Balaban J connectivity index is 2.30. The van der Waals surface area contributed by atoms with E-state index in [2.05, 4.69) is 18.4 Å². The van der Waals surface area contributed by atoms with Crippen molar-refractivity contribution in [3.05, 3.63) is 59.7 Å². The van der Waals surface area contributed by atoms with Crippen LogP contribution in [0.1, 0.15) is 18.9 Å². The molecule has 20 heavy (non-hydrogen) atoms. The van der Waals surface area contributed by atoms with Crippen LogP contribution in [-0.4, -0.2) is 19.0 Å². The first-order valence-electron chi connectivity index (χ1n) is 6.76. The van der Waals surface area contributed by atoms with Crippen molar-refractivity contribution in [3.63, 3.8) is 0 Å². The Bertz CT molecular complexity index is 585. The lowest BCUT2D eigenvalue weighted by atomic mass is 9.93. The van der Waals surface area contributed by atoms with E-state index in [1.165, 1.54) is 0 Å². The van der Waals surface area contributed by atoms with Gasteiger partial charge in [0.25, 0.3) is 0 Å². The molecule has 1 aromatic rings. The van der Waals surface area contributed by atoms with Gasteiger partial charge in [0.1, 0.15) is 0 Å². The molecular weight excluding hydrogens is 248 g/mol. The summed E-state index contributed by atoms with van der Waals surface area (Å²) in [6.07, 6.45) is 2.36. The molecule has 1 aliphatic rings. The molecule has 0 N–H and O–H groups in total. The second-order valence-electron chi connectivity index (χ2n) is 4.76. The van der Waals surface area contributed by atoms with Crippen LogP contribution in [0.5, 0.6) is 0 Å². The number of allylic oxidation sites excluding steroid dienone is 1. The van der Waals surface area contributed by atoms with Gasteiger partial charge in [0.05, 0.1) is 13.2 Å². The minimum atomic E-state index is -0.194. The summed E-state index contributed by atoms with van der Waals surface area (Å²) >= 11 is 0. The van der Waals surface area contributed by atoms with E-state index in [9.17, 15) is 4.79 Å². The van der Waals surface area contributed by atoms with Crippen molar-refractivity contribution in [2.75, 3.05) is 13.2 Å². The molecule has 0 saturated heterocycles.